The van der Waals surface area contributed by atoms with Gasteiger partial charge in [-0.05, 0) is 56.7 Å². The fourth-order valence-electron chi connectivity index (χ4n) is 4.55. The molecule has 0 N–H and O–H groups in total. The van der Waals surface area contributed by atoms with E-state index in [-0.39, 0.29) is 5.92 Å². The Morgan fingerprint density at radius 3 is 2.56 bits per heavy atom. The Balaban J connectivity index is 1.68. The van der Waals surface area contributed by atoms with Gasteiger partial charge in [0.1, 0.15) is 0 Å². The fourth-order valence-corrected chi connectivity index (χ4v) is 4.55. The lowest BCUT2D eigenvalue weighted by Crippen LogP contribution is -2.54. The Kier molecular flexibility index (Phi) is 6.13. The van der Waals surface area contributed by atoms with Gasteiger partial charge in [-0.15, -0.1) is 0 Å². The Morgan fingerprint density at radius 2 is 1.92 bits per heavy atom. The van der Waals surface area contributed by atoms with E-state index in [4.69, 9.17) is 4.74 Å². The molecule has 0 bridgehead atoms. The van der Waals surface area contributed by atoms with E-state index in [1.165, 1.54) is 18.4 Å². The molecule has 2 fully saturated rings. The summed E-state index contributed by atoms with van der Waals surface area (Å²) in [5, 5.41) is 0. The van der Waals surface area contributed by atoms with Crippen LogP contribution in [0.25, 0.3) is 0 Å². The summed E-state index contributed by atoms with van der Waals surface area (Å²) in [7, 11) is 1.77. The van der Waals surface area contributed by atoms with E-state index < -0.39 is 0 Å². The highest BCUT2D eigenvalue weighted by Crippen LogP contribution is 2.45. The summed E-state index contributed by atoms with van der Waals surface area (Å²) in [6.45, 7) is 8.14. The van der Waals surface area contributed by atoms with Gasteiger partial charge in [-0.2, -0.15) is 0 Å². The lowest BCUT2D eigenvalue weighted by molar-refractivity contribution is -0.141. The number of hydrogen-bond acceptors (Lipinski definition) is 3. The van der Waals surface area contributed by atoms with Crippen LogP contribution < -0.4 is 0 Å². The Labute approximate surface area is 152 Å². The molecule has 2 aliphatic rings. The minimum Gasteiger partial charge on any atom is -0.385 e. The van der Waals surface area contributed by atoms with Crippen molar-refractivity contribution in [3.05, 3.63) is 35.9 Å². The van der Waals surface area contributed by atoms with Crippen LogP contribution in [0.15, 0.2) is 30.3 Å². The van der Waals surface area contributed by atoms with Gasteiger partial charge in [0.2, 0.25) is 5.91 Å². The fraction of sp³-hybridized carbons (Fsp3) is 0.667. The lowest BCUT2D eigenvalue weighted by atomic mass is 9.67. The number of likely N-dealkylation sites (tertiary alicyclic amines) is 2. The van der Waals surface area contributed by atoms with Crippen molar-refractivity contribution in [1.82, 2.24) is 9.80 Å². The molecule has 1 atom stereocenters. The Morgan fingerprint density at radius 1 is 1.20 bits per heavy atom. The SMILES string of the molecule is CCN1CC2(CCN(CCCOC)CC2)CC(c2ccccc2)C1=O. The van der Waals surface area contributed by atoms with Crippen LogP contribution in [-0.4, -0.2) is 62.1 Å². The van der Waals surface area contributed by atoms with E-state index in [2.05, 4.69) is 41.0 Å². The lowest BCUT2D eigenvalue weighted by Gasteiger charge is -2.50. The van der Waals surface area contributed by atoms with Crippen molar-refractivity contribution >= 4 is 5.91 Å². The molecule has 25 heavy (non-hydrogen) atoms. The number of benzene rings is 1. The monoisotopic (exact) mass is 344 g/mol. The smallest absolute Gasteiger partial charge is 0.230 e. The minimum atomic E-state index is 0.0370. The molecule has 1 amide bonds. The molecule has 3 rings (SSSR count). The molecule has 0 aromatic heterocycles. The highest BCUT2D eigenvalue weighted by Gasteiger charge is 2.45. The summed E-state index contributed by atoms with van der Waals surface area (Å²) in [5.41, 5.74) is 1.48. The van der Waals surface area contributed by atoms with E-state index in [1.54, 1.807) is 7.11 Å². The molecule has 0 radical (unpaired) electrons. The van der Waals surface area contributed by atoms with E-state index in [1.807, 2.05) is 6.07 Å². The zero-order chi connectivity index (χ0) is 17.7. The van der Waals surface area contributed by atoms with Crippen LogP contribution in [0.1, 0.15) is 44.1 Å². The van der Waals surface area contributed by atoms with Crippen molar-refractivity contribution in [1.29, 1.82) is 0 Å². The first-order chi connectivity index (χ1) is 12.2. The third-order valence-corrected chi connectivity index (χ3v) is 6.10. The summed E-state index contributed by atoms with van der Waals surface area (Å²) in [4.78, 5) is 17.6. The number of amides is 1. The van der Waals surface area contributed by atoms with E-state index in [9.17, 15) is 4.79 Å². The number of nitrogens with zero attached hydrogens (tertiary/aromatic N) is 2. The highest BCUT2D eigenvalue weighted by molar-refractivity contribution is 5.84. The molecule has 1 spiro atoms. The molecular formula is C21H32N2O2. The van der Waals surface area contributed by atoms with Crippen LogP contribution >= 0.6 is 0 Å². The Bertz CT molecular complexity index is 552. The quantitative estimate of drug-likeness (QED) is 0.743. The molecular weight excluding hydrogens is 312 g/mol. The Hall–Kier alpha value is -1.39. The largest absolute Gasteiger partial charge is 0.385 e. The first-order valence-corrected chi connectivity index (χ1v) is 9.72. The van der Waals surface area contributed by atoms with Crippen LogP contribution in [0.2, 0.25) is 0 Å². The third-order valence-electron chi connectivity index (χ3n) is 6.10. The maximum absolute atomic E-state index is 12.9. The minimum absolute atomic E-state index is 0.0370. The molecule has 138 valence electrons. The van der Waals surface area contributed by atoms with Gasteiger partial charge in [-0.25, -0.2) is 0 Å². The van der Waals surface area contributed by atoms with Crippen LogP contribution in [-0.2, 0) is 9.53 Å². The number of methoxy groups -OCH3 is 1. The number of likely N-dealkylation sites (N-methyl/N-ethyl adjacent to an activating group) is 1. The van der Waals surface area contributed by atoms with Gasteiger partial charge in [0.25, 0.3) is 0 Å². The number of carbonyl (C=O) groups excluding carboxylic acids is 1. The van der Waals surface area contributed by atoms with Gasteiger partial charge in [0, 0.05) is 33.4 Å². The molecule has 1 aromatic rings. The molecule has 0 saturated carbocycles. The van der Waals surface area contributed by atoms with Crippen molar-refractivity contribution in [3.8, 4) is 0 Å². The predicted octanol–water partition coefficient (Wildman–Crippen LogP) is 3.14. The summed E-state index contributed by atoms with van der Waals surface area (Å²) in [6, 6.07) is 10.4. The average Bonchev–Trinajstić information content (AvgIpc) is 2.66. The van der Waals surface area contributed by atoms with Gasteiger partial charge < -0.3 is 14.5 Å². The number of rotatable bonds is 6. The van der Waals surface area contributed by atoms with E-state index in [0.29, 0.717) is 11.3 Å². The molecule has 2 aliphatic heterocycles. The van der Waals surface area contributed by atoms with Crippen LogP contribution in [0.3, 0.4) is 0 Å². The van der Waals surface area contributed by atoms with Gasteiger partial charge in [0.05, 0.1) is 5.92 Å². The average molecular weight is 344 g/mol. The molecule has 4 heteroatoms. The van der Waals surface area contributed by atoms with Gasteiger partial charge in [0.15, 0.2) is 0 Å². The third kappa shape index (κ3) is 4.24. The molecule has 1 unspecified atom stereocenters. The molecule has 2 saturated heterocycles. The topological polar surface area (TPSA) is 32.8 Å². The second kappa shape index (κ2) is 8.33. The van der Waals surface area contributed by atoms with Gasteiger partial charge in [-0.3, -0.25) is 4.79 Å². The first-order valence-electron chi connectivity index (χ1n) is 9.72. The van der Waals surface area contributed by atoms with Gasteiger partial charge >= 0.3 is 0 Å². The summed E-state index contributed by atoms with van der Waals surface area (Å²) in [5.74, 6) is 0.358. The number of carbonyl (C=O) groups is 1. The van der Waals surface area contributed by atoms with Crippen molar-refractivity contribution in [2.24, 2.45) is 5.41 Å². The second-order valence-electron chi connectivity index (χ2n) is 7.71. The standard InChI is InChI=1S/C21H32N2O2/c1-3-23-17-21(10-13-22(14-11-21)12-7-15-25-2)16-19(20(23)24)18-8-5-4-6-9-18/h4-6,8-9,19H,3,7,10-17H2,1-2H3. The highest BCUT2D eigenvalue weighted by atomic mass is 16.5. The van der Waals surface area contributed by atoms with Crippen LogP contribution in [0.4, 0.5) is 0 Å². The summed E-state index contributed by atoms with van der Waals surface area (Å²) < 4.78 is 5.18. The van der Waals surface area contributed by atoms with Crippen molar-refractivity contribution in [2.75, 3.05) is 46.4 Å². The maximum atomic E-state index is 12.9. The molecule has 2 heterocycles. The number of ether oxygens (including phenoxy) is 1. The van der Waals surface area contributed by atoms with E-state index in [0.717, 1.165) is 52.2 Å². The van der Waals surface area contributed by atoms with Crippen LogP contribution in [0.5, 0.6) is 0 Å². The summed E-state index contributed by atoms with van der Waals surface area (Å²) in [6.07, 6.45) is 4.52. The zero-order valence-corrected chi connectivity index (χ0v) is 15.7. The number of hydrogen-bond donors (Lipinski definition) is 0. The van der Waals surface area contributed by atoms with Crippen molar-refractivity contribution in [2.45, 2.75) is 38.5 Å². The summed E-state index contributed by atoms with van der Waals surface area (Å²) >= 11 is 0. The van der Waals surface area contributed by atoms with Crippen LogP contribution in [0, 0.1) is 5.41 Å². The number of piperidine rings is 2. The normalized spacial score (nSPS) is 24.0. The van der Waals surface area contributed by atoms with E-state index >= 15 is 0 Å². The maximum Gasteiger partial charge on any atom is 0.230 e. The molecule has 0 aliphatic carbocycles. The van der Waals surface area contributed by atoms with Crippen molar-refractivity contribution < 1.29 is 9.53 Å². The van der Waals surface area contributed by atoms with Gasteiger partial charge in [-0.1, -0.05) is 30.3 Å². The second-order valence-corrected chi connectivity index (χ2v) is 7.71. The predicted molar refractivity (Wildman–Crippen MR) is 101 cm³/mol. The zero-order valence-electron chi connectivity index (χ0n) is 15.7. The molecule has 4 nitrogen and oxygen atoms in total. The first kappa shape index (κ1) is 18.4. The van der Waals surface area contributed by atoms with Crippen molar-refractivity contribution in [3.63, 3.8) is 0 Å². The molecule has 1 aromatic carbocycles.